The van der Waals surface area contributed by atoms with E-state index in [0.29, 0.717) is 12.8 Å². The van der Waals surface area contributed by atoms with Crippen molar-refractivity contribution in [1.82, 2.24) is 5.32 Å². The normalized spacial score (nSPS) is 12.4. The van der Waals surface area contributed by atoms with Crippen molar-refractivity contribution < 1.29 is 23.9 Å². The minimum Gasteiger partial charge on any atom is -0.452 e. The summed E-state index contributed by atoms with van der Waals surface area (Å²) in [4.78, 5) is 50.4. The standard InChI is InChI=1S/C24H22N2O5/c1-4-24(5-2,6-3)26-18(27)13-31-23(30)17-12-11-16-19(20(17)25)22(29)15-10-8-7-9-14(15)21(16)28/h1,7-12H,5-6,13,25H2,2-3H3,(H,26,27). The summed E-state index contributed by atoms with van der Waals surface area (Å²) >= 11 is 0. The van der Waals surface area contributed by atoms with E-state index in [1.165, 1.54) is 18.2 Å². The fourth-order valence-corrected chi connectivity index (χ4v) is 3.57. The van der Waals surface area contributed by atoms with Gasteiger partial charge in [-0.25, -0.2) is 4.79 Å². The van der Waals surface area contributed by atoms with Crippen molar-refractivity contribution in [3.05, 3.63) is 64.2 Å². The van der Waals surface area contributed by atoms with Crippen LogP contribution in [0, 0.1) is 12.3 Å². The highest BCUT2D eigenvalue weighted by Crippen LogP contribution is 2.32. The monoisotopic (exact) mass is 418 g/mol. The molecule has 0 radical (unpaired) electrons. The number of benzene rings is 2. The maximum Gasteiger partial charge on any atom is 0.340 e. The van der Waals surface area contributed by atoms with E-state index in [0.717, 1.165) is 0 Å². The predicted octanol–water partition coefficient (Wildman–Crippen LogP) is 2.51. The number of fused-ring (bicyclic) bond motifs is 2. The van der Waals surface area contributed by atoms with Crippen LogP contribution in [0.25, 0.3) is 0 Å². The van der Waals surface area contributed by atoms with Gasteiger partial charge in [0.05, 0.1) is 16.8 Å². The van der Waals surface area contributed by atoms with Gasteiger partial charge in [0, 0.05) is 16.7 Å². The molecule has 3 rings (SSSR count). The number of esters is 1. The van der Waals surface area contributed by atoms with Gasteiger partial charge in [0.1, 0.15) is 5.54 Å². The molecular formula is C24H22N2O5. The number of carbonyl (C=O) groups is 4. The first kappa shape index (κ1) is 21.8. The molecule has 2 aromatic carbocycles. The van der Waals surface area contributed by atoms with Crippen LogP contribution in [-0.4, -0.2) is 35.6 Å². The summed E-state index contributed by atoms with van der Waals surface area (Å²) in [6, 6.07) is 9.10. The van der Waals surface area contributed by atoms with E-state index in [1.54, 1.807) is 18.2 Å². The molecule has 3 N–H and O–H groups in total. The van der Waals surface area contributed by atoms with Crippen molar-refractivity contribution in [1.29, 1.82) is 0 Å². The van der Waals surface area contributed by atoms with Gasteiger partial charge >= 0.3 is 5.97 Å². The number of nitrogen functional groups attached to an aromatic ring is 1. The Morgan fingerprint density at radius 3 is 2.23 bits per heavy atom. The summed E-state index contributed by atoms with van der Waals surface area (Å²) in [5.74, 6) is 0.343. The van der Waals surface area contributed by atoms with Crippen LogP contribution >= 0.6 is 0 Å². The fraction of sp³-hybridized carbons (Fsp3) is 0.250. The van der Waals surface area contributed by atoms with Gasteiger partial charge in [-0.2, -0.15) is 0 Å². The van der Waals surface area contributed by atoms with E-state index >= 15 is 0 Å². The van der Waals surface area contributed by atoms with Gasteiger partial charge < -0.3 is 15.8 Å². The van der Waals surface area contributed by atoms with Gasteiger partial charge in [0.2, 0.25) is 0 Å². The topological polar surface area (TPSA) is 116 Å². The Hall–Kier alpha value is -3.92. The second-order valence-corrected chi connectivity index (χ2v) is 7.21. The molecule has 0 saturated heterocycles. The smallest absolute Gasteiger partial charge is 0.340 e. The summed E-state index contributed by atoms with van der Waals surface area (Å²) in [6.07, 6.45) is 6.56. The van der Waals surface area contributed by atoms with Crippen LogP contribution in [0.1, 0.15) is 68.9 Å². The van der Waals surface area contributed by atoms with Crippen LogP contribution in [0.15, 0.2) is 36.4 Å². The van der Waals surface area contributed by atoms with E-state index in [4.69, 9.17) is 16.9 Å². The third-order valence-electron chi connectivity index (χ3n) is 5.55. The zero-order valence-electron chi connectivity index (χ0n) is 17.3. The van der Waals surface area contributed by atoms with Crippen molar-refractivity contribution in [2.24, 2.45) is 0 Å². The van der Waals surface area contributed by atoms with Crippen LogP contribution in [0.2, 0.25) is 0 Å². The summed E-state index contributed by atoms with van der Waals surface area (Å²) in [6.45, 7) is 3.13. The third kappa shape index (κ3) is 3.80. The molecule has 31 heavy (non-hydrogen) atoms. The number of nitrogens with two attached hydrogens (primary N) is 1. The van der Waals surface area contributed by atoms with Gasteiger partial charge in [-0.1, -0.05) is 44.0 Å². The molecule has 1 aliphatic rings. The highest BCUT2D eigenvalue weighted by atomic mass is 16.5. The van der Waals surface area contributed by atoms with Crippen molar-refractivity contribution in [3.8, 4) is 12.3 Å². The Bertz CT molecular complexity index is 1140. The molecule has 0 atom stereocenters. The zero-order valence-corrected chi connectivity index (χ0v) is 17.3. The molecule has 0 fully saturated rings. The van der Waals surface area contributed by atoms with Crippen LogP contribution < -0.4 is 11.1 Å². The molecule has 7 nitrogen and oxygen atoms in total. The van der Waals surface area contributed by atoms with Crippen LogP contribution in [0.4, 0.5) is 5.69 Å². The first-order valence-electron chi connectivity index (χ1n) is 9.85. The zero-order chi connectivity index (χ0) is 22.8. The molecule has 158 valence electrons. The van der Waals surface area contributed by atoms with E-state index in [9.17, 15) is 19.2 Å². The summed E-state index contributed by atoms with van der Waals surface area (Å²) in [5, 5.41) is 2.69. The molecule has 0 unspecified atom stereocenters. The minimum absolute atomic E-state index is 0.0362. The van der Waals surface area contributed by atoms with E-state index in [2.05, 4.69) is 11.2 Å². The predicted molar refractivity (Wildman–Crippen MR) is 115 cm³/mol. The Morgan fingerprint density at radius 1 is 1.03 bits per heavy atom. The molecular weight excluding hydrogens is 396 g/mol. The van der Waals surface area contributed by atoms with Crippen molar-refractivity contribution >= 4 is 29.1 Å². The number of amides is 1. The molecule has 1 aliphatic carbocycles. The van der Waals surface area contributed by atoms with Gasteiger partial charge in [-0.3, -0.25) is 14.4 Å². The number of carbonyl (C=O) groups excluding carboxylic acids is 4. The minimum atomic E-state index is -0.881. The first-order chi connectivity index (χ1) is 14.8. The Labute approximate surface area is 180 Å². The molecule has 7 heteroatoms. The molecule has 0 heterocycles. The van der Waals surface area contributed by atoms with Crippen LogP contribution in [-0.2, 0) is 9.53 Å². The molecule has 0 saturated carbocycles. The second-order valence-electron chi connectivity index (χ2n) is 7.21. The number of hydrogen-bond donors (Lipinski definition) is 2. The summed E-state index contributed by atoms with van der Waals surface area (Å²) in [7, 11) is 0. The van der Waals surface area contributed by atoms with E-state index in [-0.39, 0.29) is 39.3 Å². The van der Waals surface area contributed by atoms with Crippen molar-refractivity contribution in [2.75, 3.05) is 12.3 Å². The Kier molecular flexibility index (Phi) is 5.93. The number of hydrogen-bond acceptors (Lipinski definition) is 6. The molecule has 0 aliphatic heterocycles. The SMILES string of the molecule is C#CC(CC)(CC)NC(=O)COC(=O)c1ccc2c(c1N)C(=O)c1ccccc1C2=O. The fourth-order valence-electron chi connectivity index (χ4n) is 3.57. The van der Waals surface area contributed by atoms with Crippen LogP contribution in [0.3, 0.4) is 0 Å². The van der Waals surface area contributed by atoms with Crippen molar-refractivity contribution in [3.63, 3.8) is 0 Å². The summed E-state index contributed by atoms with van der Waals surface area (Å²) < 4.78 is 5.08. The Morgan fingerprint density at radius 2 is 1.65 bits per heavy atom. The molecule has 1 amide bonds. The lowest BCUT2D eigenvalue weighted by Crippen LogP contribution is -2.48. The number of nitrogens with one attached hydrogen (secondary N) is 1. The van der Waals surface area contributed by atoms with E-state index < -0.39 is 29.8 Å². The Balaban J connectivity index is 1.81. The number of anilines is 1. The quantitative estimate of drug-likeness (QED) is 0.361. The van der Waals surface area contributed by atoms with Gasteiger partial charge in [-0.15, -0.1) is 6.42 Å². The van der Waals surface area contributed by atoms with Crippen LogP contribution in [0.5, 0.6) is 0 Å². The maximum absolute atomic E-state index is 12.9. The highest BCUT2D eigenvalue weighted by molar-refractivity contribution is 6.30. The largest absolute Gasteiger partial charge is 0.452 e. The molecule has 2 aromatic rings. The summed E-state index contributed by atoms with van der Waals surface area (Å²) in [5.41, 5.74) is 5.62. The highest BCUT2D eigenvalue weighted by Gasteiger charge is 2.33. The van der Waals surface area contributed by atoms with Gasteiger partial charge in [-0.05, 0) is 25.0 Å². The second kappa shape index (κ2) is 8.44. The average Bonchev–Trinajstić information content (AvgIpc) is 2.79. The lowest BCUT2D eigenvalue weighted by atomic mass is 9.82. The number of ketones is 2. The van der Waals surface area contributed by atoms with E-state index in [1.807, 2.05) is 13.8 Å². The van der Waals surface area contributed by atoms with Crippen molar-refractivity contribution in [2.45, 2.75) is 32.2 Å². The molecule has 0 spiro atoms. The number of ether oxygens (including phenoxy) is 1. The molecule has 0 bridgehead atoms. The average molecular weight is 418 g/mol. The lowest BCUT2D eigenvalue weighted by Gasteiger charge is -2.26. The molecule has 0 aromatic heterocycles. The number of terminal acetylenes is 1. The maximum atomic E-state index is 12.9. The lowest BCUT2D eigenvalue weighted by molar-refractivity contribution is -0.125. The number of rotatable bonds is 6. The van der Waals surface area contributed by atoms with Gasteiger partial charge in [0.25, 0.3) is 5.91 Å². The first-order valence-corrected chi connectivity index (χ1v) is 9.85. The third-order valence-corrected chi connectivity index (χ3v) is 5.55. The van der Waals surface area contributed by atoms with Gasteiger partial charge in [0.15, 0.2) is 18.2 Å².